The van der Waals surface area contributed by atoms with Crippen molar-refractivity contribution in [2.75, 3.05) is 4.31 Å². The molecule has 0 fully saturated rings. The van der Waals surface area contributed by atoms with Gasteiger partial charge in [0, 0.05) is 22.3 Å². The van der Waals surface area contributed by atoms with E-state index in [4.69, 9.17) is 27.9 Å². The van der Waals surface area contributed by atoms with Crippen molar-refractivity contribution in [1.82, 2.24) is 9.97 Å². The minimum absolute atomic E-state index is 0.00742. The number of halogens is 2. The maximum absolute atomic E-state index is 12.7. The average Bonchev–Trinajstić information content (AvgIpc) is 2.86. The van der Waals surface area contributed by atoms with Crippen LogP contribution in [-0.2, 0) is 16.6 Å². The number of aromatic nitrogens is 2. The van der Waals surface area contributed by atoms with Crippen LogP contribution in [0.4, 0.5) is 5.82 Å². The fourth-order valence-corrected chi connectivity index (χ4v) is 4.78. The summed E-state index contributed by atoms with van der Waals surface area (Å²) in [5, 5.41) is 0.808. The van der Waals surface area contributed by atoms with Crippen LogP contribution in [0.15, 0.2) is 59.6 Å². The van der Waals surface area contributed by atoms with E-state index >= 15 is 0 Å². The number of hydrogen-bond acceptors (Lipinski definition) is 5. The van der Waals surface area contributed by atoms with Crippen molar-refractivity contribution in [3.05, 3.63) is 70.3 Å². The zero-order valence-corrected chi connectivity index (χ0v) is 15.5. The fourth-order valence-electron chi connectivity index (χ4n) is 2.66. The molecular weight excluding hydrogens is 397 g/mol. The van der Waals surface area contributed by atoms with Crippen molar-refractivity contribution in [3.8, 4) is 11.8 Å². The monoisotopic (exact) mass is 407 g/mol. The first-order chi connectivity index (χ1) is 12.4. The van der Waals surface area contributed by atoms with Gasteiger partial charge in [0.1, 0.15) is 11.6 Å². The minimum Gasteiger partial charge on any atom is -0.424 e. The van der Waals surface area contributed by atoms with E-state index in [2.05, 4.69) is 9.97 Å². The average molecular weight is 408 g/mol. The maximum Gasteiger partial charge on any atom is 0.323 e. The molecule has 0 aliphatic carbocycles. The van der Waals surface area contributed by atoms with Gasteiger partial charge in [-0.25, -0.2) is 17.7 Å². The fraction of sp³-hybridized carbons (Fsp3) is 0.0588. The molecule has 0 amide bonds. The molecule has 0 saturated carbocycles. The van der Waals surface area contributed by atoms with Gasteiger partial charge >= 0.3 is 6.01 Å². The first-order valence-corrected chi connectivity index (χ1v) is 9.71. The van der Waals surface area contributed by atoms with Crippen LogP contribution < -0.4 is 9.04 Å². The van der Waals surface area contributed by atoms with Gasteiger partial charge in [-0.2, -0.15) is 4.98 Å². The molecule has 132 valence electrons. The summed E-state index contributed by atoms with van der Waals surface area (Å²) in [7, 11) is -3.66. The lowest BCUT2D eigenvalue weighted by atomic mass is 10.2. The molecule has 1 aliphatic rings. The van der Waals surface area contributed by atoms with Crippen molar-refractivity contribution < 1.29 is 13.2 Å². The predicted octanol–water partition coefficient (Wildman–Crippen LogP) is 4.28. The quantitative estimate of drug-likeness (QED) is 0.647. The number of ether oxygens (including phenoxy) is 1. The molecule has 2 heterocycles. The van der Waals surface area contributed by atoms with E-state index in [1.54, 1.807) is 42.5 Å². The molecule has 3 aromatic rings. The zero-order chi connectivity index (χ0) is 18.3. The molecule has 0 N–H and O–H groups in total. The van der Waals surface area contributed by atoms with E-state index in [-0.39, 0.29) is 23.3 Å². The van der Waals surface area contributed by atoms with Gasteiger partial charge in [-0.05, 0) is 29.8 Å². The summed E-state index contributed by atoms with van der Waals surface area (Å²) in [5.41, 5.74) is 0.718. The highest BCUT2D eigenvalue weighted by Crippen LogP contribution is 2.34. The van der Waals surface area contributed by atoms with Crippen LogP contribution in [0.5, 0.6) is 11.8 Å². The maximum atomic E-state index is 12.7. The molecule has 0 bridgehead atoms. The Morgan fingerprint density at radius 2 is 1.77 bits per heavy atom. The van der Waals surface area contributed by atoms with Gasteiger partial charge in [0.25, 0.3) is 10.0 Å². The standard InChI is InChI=1S/C17H11Cl2N3O3S/c18-12-7-13(19)9-14(8-12)25-17-20-6-5-16(21-17)22-10-11-3-1-2-4-15(11)26(22,23)24/h1-9H,10H2. The number of benzene rings is 2. The molecule has 4 rings (SSSR count). The van der Waals surface area contributed by atoms with Crippen LogP contribution in [-0.4, -0.2) is 18.4 Å². The number of sulfonamides is 1. The molecule has 0 spiro atoms. The van der Waals surface area contributed by atoms with E-state index in [0.29, 0.717) is 15.8 Å². The smallest absolute Gasteiger partial charge is 0.323 e. The van der Waals surface area contributed by atoms with Crippen LogP contribution in [0.25, 0.3) is 0 Å². The van der Waals surface area contributed by atoms with E-state index in [0.717, 1.165) is 5.56 Å². The molecule has 1 aromatic heterocycles. The normalized spacial score (nSPS) is 14.9. The van der Waals surface area contributed by atoms with Crippen LogP contribution in [0.3, 0.4) is 0 Å². The lowest BCUT2D eigenvalue weighted by Crippen LogP contribution is -2.24. The van der Waals surface area contributed by atoms with Gasteiger partial charge in [0.2, 0.25) is 0 Å². The SMILES string of the molecule is O=S1(=O)c2ccccc2CN1c1ccnc(Oc2cc(Cl)cc(Cl)c2)n1. The Kier molecular flexibility index (Phi) is 4.22. The van der Waals surface area contributed by atoms with E-state index in [1.165, 1.54) is 16.6 Å². The van der Waals surface area contributed by atoms with Gasteiger partial charge in [-0.15, -0.1) is 0 Å². The molecule has 1 aliphatic heterocycles. The van der Waals surface area contributed by atoms with E-state index < -0.39 is 10.0 Å². The third-order valence-electron chi connectivity index (χ3n) is 3.77. The minimum atomic E-state index is -3.66. The van der Waals surface area contributed by atoms with E-state index in [1.807, 2.05) is 0 Å². The van der Waals surface area contributed by atoms with Gasteiger partial charge < -0.3 is 4.74 Å². The summed E-state index contributed by atoms with van der Waals surface area (Å²) < 4.78 is 32.3. The molecule has 2 aromatic carbocycles. The number of fused-ring (bicyclic) bond motifs is 1. The van der Waals surface area contributed by atoms with Gasteiger partial charge in [-0.1, -0.05) is 41.4 Å². The summed E-state index contributed by atoms with van der Waals surface area (Å²) in [5.74, 6) is 0.576. The Hall–Kier alpha value is -2.35. The van der Waals surface area contributed by atoms with Gasteiger partial charge in [-0.3, -0.25) is 0 Å². The molecule has 9 heteroatoms. The summed E-state index contributed by atoms with van der Waals surface area (Å²) >= 11 is 11.9. The molecule has 6 nitrogen and oxygen atoms in total. The molecule has 0 saturated heterocycles. The number of rotatable bonds is 3. The van der Waals surface area contributed by atoms with Crippen molar-refractivity contribution in [2.45, 2.75) is 11.4 Å². The van der Waals surface area contributed by atoms with Gasteiger partial charge in [0.05, 0.1) is 11.4 Å². The summed E-state index contributed by atoms with van der Waals surface area (Å²) in [6.45, 7) is 0.206. The van der Waals surface area contributed by atoms with Crippen molar-refractivity contribution in [3.63, 3.8) is 0 Å². The molecular formula is C17H11Cl2N3O3S. The summed E-state index contributed by atoms with van der Waals surface area (Å²) in [6.07, 6.45) is 1.43. The third kappa shape index (κ3) is 3.09. The van der Waals surface area contributed by atoms with Crippen LogP contribution in [0.2, 0.25) is 10.0 Å². The van der Waals surface area contributed by atoms with Crippen LogP contribution in [0.1, 0.15) is 5.56 Å². The lowest BCUT2D eigenvalue weighted by Gasteiger charge is -2.16. The zero-order valence-electron chi connectivity index (χ0n) is 13.1. The first-order valence-electron chi connectivity index (χ1n) is 7.51. The van der Waals surface area contributed by atoms with Crippen LogP contribution >= 0.6 is 23.2 Å². The first kappa shape index (κ1) is 17.1. The van der Waals surface area contributed by atoms with Gasteiger partial charge in [0.15, 0.2) is 0 Å². The topological polar surface area (TPSA) is 72.4 Å². The Labute approximate surface area is 160 Å². The molecule has 26 heavy (non-hydrogen) atoms. The predicted molar refractivity (Wildman–Crippen MR) is 98.4 cm³/mol. The molecule has 0 atom stereocenters. The summed E-state index contributed by atoms with van der Waals surface area (Å²) in [6, 6.07) is 13.1. The third-order valence-corrected chi connectivity index (χ3v) is 6.06. The molecule has 0 radical (unpaired) electrons. The number of nitrogens with zero attached hydrogens (tertiary/aromatic N) is 3. The number of hydrogen-bond donors (Lipinski definition) is 0. The van der Waals surface area contributed by atoms with E-state index in [9.17, 15) is 8.42 Å². The lowest BCUT2D eigenvalue weighted by molar-refractivity contribution is 0.442. The molecule has 0 unspecified atom stereocenters. The summed E-state index contributed by atoms with van der Waals surface area (Å²) in [4.78, 5) is 8.52. The van der Waals surface area contributed by atoms with Crippen molar-refractivity contribution in [2.24, 2.45) is 0 Å². The highest BCUT2D eigenvalue weighted by atomic mass is 35.5. The largest absolute Gasteiger partial charge is 0.424 e. The highest BCUT2D eigenvalue weighted by Gasteiger charge is 2.35. The second-order valence-electron chi connectivity index (χ2n) is 5.52. The Morgan fingerprint density at radius 1 is 1.04 bits per heavy atom. The number of anilines is 1. The Morgan fingerprint density at radius 3 is 2.50 bits per heavy atom. The Balaban J connectivity index is 1.67. The van der Waals surface area contributed by atoms with Crippen molar-refractivity contribution >= 4 is 39.0 Å². The second kappa shape index (κ2) is 6.42. The highest BCUT2D eigenvalue weighted by molar-refractivity contribution is 7.93. The second-order valence-corrected chi connectivity index (χ2v) is 8.23. The Bertz CT molecular complexity index is 1090. The van der Waals surface area contributed by atoms with Crippen LogP contribution in [0, 0.1) is 0 Å². The van der Waals surface area contributed by atoms with Crippen molar-refractivity contribution in [1.29, 1.82) is 0 Å².